The van der Waals surface area contributed by atoms with E-state index in [1.165, 1.54) is 6.07 Å². The van der Waals surface area contributed by atoms with Crippen LogP contribution >= 0.6 is 0 Å². The van der Waals surface area contributed by atoms with Crippen LogP contribution in [0.5, 0.6) is 0 Å². The summed E-state index contributed by atoms with van der Waals surface area (Å²) in [7, 11) is 3.56. The Bertz CT molecular complexity index is 559. The third-order valence-corrected chi connectivity index (χ3v) is 2.91. The summed E-state index contributed by atoms with van der Waals surface area (Å²) in [5, 5.41) is 13.2. The number of pyridine rings is 1. The summed E-state index contributed by atoms with van der Waals surface area (Å²) in [5.74, 6) is 0.385. The van der Waals surface area contributed by atoms with E-state index < -0.39 is 0 Å². The minimum Gasteiger partial charge on any atom is -0.395 e. The topological polar surface area (TPSA) is 48.4 Å². The van der Waals surface area contributed by atoms with Gasteiger partial charge in [-0.25, -0.2) is 9.37 Å². The number of fused-ring (bicyclic) bond motifs is 1. The molecule has 0 aliphatic heterocycles. The first-order valence-corrected chi connectivity index (χ1v) is 5.76. The maximum atomic E-state index is 13.9. The van der Waals surface area contributed by atoms with Gasteiger partial charge in [0.05, 0.1) is 18.5 Å². The molecule has 5 heteroatoms. The van der Waals surface area contributed by atoms with E-state index in [-0.39, 0.29) is 12.4 Å². The highest BCUT2D eigenvalue weighted by molar-refractivity contribution is 6.00. The highest BCUT2D eigenvalue weighted by atomic mass is 19.1. The normalized spacial score (nSPS) is 10.7. The van der Waals surface area contributed by atoms with E-state index in [1.54, 1.807) is 24.2 Å². The van der Waals surface area contributed by atoms with E-state index in [4.69, 9.17) is 5.11 Å². The van der Waals surface area contributed by atoms with E-state index in [0.29, 0.717) is 23.4 Å². The number of anilines is 2. The lowest BCUT2D eigenvalue weighted by molar-refractivity contribution is 0.304. The second kappa shape index (κ2) is 5.18. The number of rotatable bonds is 4. The lowest BCUT2D eigenvalue weighted by Crippen LogP contribution is -2.22. The second-order valence-corrected chi connectivity index (χ2v) is 4.05. The van der Waals surface area contributed by atoms with Crippen molar-refractivity contribution >= 4 is 22.3 Å². The lowest BCUT2D eigenvalue weighted by atomic mass is 10.1. The molecule has 0 radical (unpaired) electrons. The van der Waals surface area contributed by atoms with Crippen molar-refractivity contribution in [3.05, 3.63) is 30.2 Å². The van der Waals surface area contributed by atoms with Crippen molar-refractivity contribution in [2.45, 2.75) is 0 Å². The molecule has 0 amide bonds. The van der Waals surface area contributed by atoms with Crippen molar-refractivity contribution in [1.29, 1.82) is 0 Å². The number of halogens is 1. The Labute approximate surface area is 105 Å². The van der Waals surface area contributed by atoms with Crippen LogP contribution in [-0.2, 0) is 0 Å². The van der Waals surface area contributed by atoms with Gasteiger partial charge in [-0.15, -0.1) is 0 Å². The van der Waals surface area contributed by atoms with Gasteiger partial charge in [0.25, 0.3) is 0 Å². The lowest BCUT2D eigenvalue weighted by Gasteiger charge is -2.20. The Morgan fingerprint density at radius 2 is 2.22 bits per heavy atom. The van der Waals surface area contributed by atoms with E-state index in [1.807, 2.05) is 13.1 Å². The molecule has 4 nitrogen and oxygen atoms in total. The maximum Gasteiger partial charge on any atom is 0.136 e. The Balaban J connectivity index is 2.67. The van der Waals surface area contributed by atoms with Crippen LogP contribution < -0.4 is 10.2 Å². The zero-order chi connectivity index (χ0) is 13.1. The minimum atomic E-state index is -0.280. The molecule has 18 heavy (non-hydrogen) atoms. The molecule has 0 saturated carbocycles. The molecule has 0 unspecified atom stereocenters. The van der Waals surface area contributed by atoms with Gasteiger partial charge in [-0.1, -0.05) is 12.1 Å². The van der Waals surface area contributed by atoms with Crippen LogP contribution in [0.25, 0.3) is 10.8 Å². The first kappa shape index (κ1) is 12.6. The van der Waals surface area contributed by atoms with Gasteiger partial charge < -0.3 is 15.3 Å². The molecule has 0 bridgehead atoms. The molecule has 0 atom stereocenters. The third-order valence-electron chi connectivity index (χ3n) is 2.91. The Morgan fingerprint density at radius 1 is 1.44 bits per heavy atom. The van der Waals surface area contributed by atoms with Gasteiger partial charge >= 0.3 is 0 Å². The van der Waals surface area contributed by atoms with Crippen LogP contribution in [0.4, 0.5) is 15.9 Å². The summed E-state index contributed by atoms with van der Waals surface area (Å²) in [6.07, 6.45) is 1.61. The number of hydrogen-bond donors (Lipinski definition) is 2. The van der Waals surface area contributed by atoms with E-state index in [0.717, 1.165) is 5.39 Å². The molecule has 2 aromatic rings. The molecule has 0 aliphatic rings. The fourth-order valence-electron chi connectivity index (χ4n) is 1.99. The summed E-state index contributed by atoms with van der Waals surface area (Å²) >= 11 is 0. The zero-order valence-corrected chi connectivity index (χ0v) is 10.4. The van der Waals surface area contributed by atoms with Crippen LogP contribution in [0.2, 0.25) is 0 Å². The molecule has 1 aromatic heterocycles. The van der Waals surface area contributed by atoms with Crippen molar-refractivity contribution in [1.82, 2.24) is 4.98 Å². The van der Waals surface area contributed by atoms with Crippen LogP contribution in [0.3, 0.4) is 0 Å². The number of likely N-dealkylation sites (N-methyl/N-ethyl adjacent to an activating group) is 1. The van der Waals surface area contributed by atoms with Gasteiger partial charge in [0.15, 0.2) is 0 Å². The van der Waals surface area contributed by atoms with Gasteiger partial charge in [0, 0.05) is 31.4 Å². The van der Waals surface area contributed by atoms with E-state index in [2.05, 4.69) is 10.3 Å². The summed E-state index contributed by atoms with van der Waals surface area (Å²) in [6, 6.07) is 4.92. The SMILES string of the molecule is CNc1cnc(N(C)CCO)c2cccc(F)c12. The van der Waals surface area contributed by atoms with Gasteiger partial charge in [-0.3, -0.25) is 0 Å². The zero-order valence-electron chi connectivity index (χ0n) is 10.4. The van der Waals surface area contributed by atoms with Gasteiger partial charge in [0.1, 0.15) is 11.6 Å². The number of hydrogen-bond acceptors (Lipinski definition) is 4. The van der Waals surface area contributed by atoms with E-state index in [9.17, 15) is 4.39 Å². The van der Waals surface area contributed by atoms with Crippen LogP contribution in [0.15, 0.2) is 24.4 Å². The molecule has 1 heterocycles. The Kier molecular flexibility index (Phi) is 3.62. The third kappa shape index (κ3) is 2.09. The van der Waals surface area contributed by atoms with Gasteiger partial charge in [-0.05, 0) is 6.07 Å². The smallest absolute Gasteiger partial charge is 0.136 e. The molecule has 0 spiro atoms. The fraction of sp³-hybridized carbons (Fsp3) is 0.308. The summed E-state index contributed by atoms with van der Waals surface area (Å²) < 4.78 is 13.9. The monoisotopic (exact) mass is 249 g/mol. The fourth-order valence-corrected chi connectivity index (χ4v) is 1.99. The van der Waals surface area contributed by atoms with Crippen molar-refractivity contribution < 1.29 is 9.50 Å². The predicted molar refractivity (Wildman–Crippen MR) is 71.6 cm³/mol. The number of nitrogens with one attached hydrogen (secondary N) is 1. The molecule has 0 saturated heterocycles. The Morgan fingerprint density at radius 3 is 2.89 bits per heavy atom. The standard InChI is InChI=1S/C13H16FN3O/c1-15-11-8-16-13(17(2)6-7-18)9-4-3-5-10(14)12(9)11/h3-5,8,15,18H,6-7H2,1-2H3. The molecule has 0 fully saturated rings. The molecule has 2 N–H and O–H groups in total. The number of aromatic nitrogens is 1. The molecular weight excluding hydrogens is 233 g/mol. The van der Waals surface area contributed by atoms with Crippen LogP contribution in [0, 0.1) is 5.82 Å². The summed E-state index contributed by atoms with van der Waals surface area (Å²) in [6.45, 7) is 0.486. The van der Waals surface area contributed by atoms with Crippen molar-refractivity contribution in [3.8, 4) is 0 Å². The van der Waals surface area contributed by atoms with Gasteiger partial charge in [-0.2, -0.15) is 0 Å². The predicted octanol–water partition coefficient (Wildman–Crippen LogP) is 1.84. The molecule has 2 rings (SSSR count). The average Bonchev–Trinajstić information content (AvgIpc) is 2.38. The largest absolute Gasteiger partial charge is 0.395 e. The molecule has 96 valence electrons. The first-order valence-electron chi connectivity index (χ1n) is 5.76. The Hall–Kier alpha value is -1.88. The number of aliphatic hydroxyl groups is 1. The first-order chi connectivity index (χ1) is 8.69. The highest BCUT2D eigenvalue weighted by Gasteiger charge is 2.13. The van der Waals surface area contributed by atoms with Crippen molar-refractivity contribution in [3.63, 3.8) is 0 Å². The number of aliphatic hydroxyl groups excluding tert-OH is 1. The molecule has 0 aliphatic carbocycles. The summed E-state index contributed by atoms with van der Waals surface area (Å²) in [4.78, 5) is 6.13. The van der Waals surface area contributed by atoms with Gasteiger partial charge in [0.2, 0.25) is 0 Å². The average molecular weight is 249 g/mol. The number of benzene rings is 1. The minimum absolute atomic E-state index is 0.0305. The quantitative estimate of drug-likeness (QED) is 0.868. The van der Waals surface area contributed by atoms with Crippen LogP contribution in [0.1, 0.15) is 0 Å². The molecule has 1 aromatic carbocycles. The summed E-state index contributed by atoms with van der Waals surface area (Å²) in [5.41, 5.74) is 0.657. The second-order valence-electron chi connectivity index (χ2n) is 4.05. The van der Waals surface area contributed by atoms with Crippen molar-refractivity contribution in [2.24, 2.45) is 0 Å². The number of nitrogens with zero attached hydrogens (tertiary/aromatic N) is 2. The van der Waals surface area contributed by atoms with Crippen molar-refractivity contribution in [2.75, 3.05) is 37.5 Å². The molecular formula is C13H16FN3O. The van der Waals surface area contributed by atoms with Crippen LogP contribution in [-0.4, -0.2) is 37.3 Å². The van der Waals surface area contributed by atoms with E-state index >= 15 is 0 Å². The highest BCUT2D eigenvalue weighted by Crippen LogP contribution is 2.31. The maximum absolute atomic E-state index is 13.9.